The Morgan fingerprint density at radius 3 is 2.58 bits per heavy atom. The van der Waals surface area contributed by atoms with E-state index in [2.05, 4.69) is 27.0 Å². The Hall–Kier alpha value is -2.28. The van der Waals surface area contributed by atoms with Crippen LogP contribution < -0.4 is 10.6 Å². The van der Waals surface area contributed by atoms with E-state index in [1.165, 1.54) is 17.4 Å². The number of aromatic nitrogens is 2. The number of benzene rings is 1. The molecule has 0 radical (unpaired) electrons. The van der Waals surface area contributed by atoms with Crippen molar-refractivity contribution < 1.29 is 4.79 Å². The van der Waals surface area contributed by atoms with Crippen LogP contribution in [-0.4, -0.2) is 52.7 Å². The topological polar surface area (TPSA) is 69.3 Å². The van der Waals surface area contributed by atoms with Gasteiger partial charge in [-0.2, -0.15) is 4.98 Å². The number of piperazine rings is 1. The van der Waals surface area contributed by atoms with Crippen molar-refractivity contribution in [3.8, 4) is 0 Å². The minimum absolute atomic E-state index is 0.0902. The zero-order chi connectivity index (χ0) is 16.9. The number of thioether (sulfide) groups is 1. The molecular formula is C17H20N4O2S. The van der Waals surface area contributed by atoms with Gasteiger partial charge in [0.25, 0.3) is 0 Å². The number of para-hydroxylation sites is 1. The van der Waals surface area contributed by atoms with Gasteiger partial charge in [-0.15, -0.1) is 0 Å². The van der Waals surface area contributed by atoms with Crippen LogP contribution >= 0.6 is 11.8 Å². The molecule has 6 nitrogen and oxygen atoms in total. The molecule has 1 fully saturated rings. The Labute approximate surface area is 144 Å². The minimum Gasteiger partial charge on any atom is -0.368 e. The number of nitrogens with one attached hydrogen (secondary N) is 1. The molecule has 0 spiro atoms. The van der Waals surface area contributed by atoms with Gasteiger partial charge in [-0.1, -0.05) is 30.0 Å². The quantitative estimate of drug-likeness (QED) is 0.673. The predicted molar refractivity (Wildman–Crippen MR) is 95.6 cm³/mol. The molecular weight excluding hydrogens is 324 g/mol. The molecule has 7 heteroatoms. The molecule has 126 valence electrons. The number of carbonyl (C=O) groups excluding carboxylic acids is 1. The molecule has 0 aliphatic carbocycles. The maximum atomic E-state index is 12.4. The fourth-order valence-corrected chi connectivity index (χ4v) is 3.57. The highest BCUT2D eigenvalue weighted by atomic mass is 32.2. The van der Waals surface area contributed by atoms with Crippen LogP contribution in [0.3, 0.4) is 0 Å². The number of hydrogen-bond donors (Lipinski definition) is 1. The standard InChI is InChI=1S/C17H20N4O2S/c1-13-11-15(19-17(23)18-13)24-12-16(22)21-9-7-20(8-10-21)14-5-3-2-4-6-14/h2-6,11H,7-10,12H2,1H3,(H,18,19,23). The lowest BCUT2D eigenvalue weighted by Crippen LogP contribution is -2.49. The third kappa shape index (κ3) is 4.17. The summed E-state index contributed by atoms with van der Waals surface area (Å²) in [6.45, 7) is 4.91. The third-order valence-corrected chi connectivity index (χ3v) is 4.85. The first-order chi connectivity index (χ1) is 11.6. The number of H-pyrrole nitrogens is 1. The largest absolute Gasteiger partial charge is 0.368 e. The van der Waals surface area contributed by atoms with Crippen LogP contribution in [0.1, 0.15) is 5.69 Å². The Kier molecular flexibility index (Phi) is 5.20. The smallest absolute Gasteiger partial charge is 0.346 e. The van der Waals surface area contributed by atoms with Crippen molar-refractivity contribution in [1.29, 1.82) is 0 Å². The number of carbonyl (C=O) groups is 1. The van der Waals surface area contributed by atoms with E-state index in [1.54, 1.807) is 13.0 Å². The molecule has 1 amide bonds. The van der Waals surface area contributed by atoms with Gasteiger partial charge < -0.3 is 14.8 Å². The monoisotopic (exact) mass is 344 g/mol. The summed E-state index contributed by atoms with van der Waals surface area (Å²) in [7, 11) is 0. The molecule has 1 saturated heterocycles. The summed E-state index contributed by atoms with van der Waals surface area (Å²) in [5, 5.41) is 0.590. The van der Waals surface area contributed by atoms with Crippen molar-refractivity contribution in [2.45, 2.75) is 11.9 Å². The average Bonchev–Trinajstić information content (AvgIpc) is 2.60. The van der Waals surface area contributed by atoms with Crippen LogP contribution in [0.2, 0.25) is 0 Å². The number of amides is 1. The highest BCUT2D eigenvalue weighted by molar-refractivity contribution is 7.99. The lowest BCUT2D eigenvalue weighted by molar-refractivity contribution is -0.128. The number of aromatic amines is 1. The summed E-state index contributed by atoms with van der Waals surface area (Å²) in [4.78, 5) is 34.4. The second kappa shape index (κ2) is 7.53. The normalized spacial score (nSPS) is 14.7. The zero-order valence-corrected chi connectivity index (χ0v) is 14.4. The molecule has 1 aromatic heterocycles. The Balaban J connectivity index is 1.51. The van der Waals surface area contributed by atoms with Crippen molar-refractivity contribution in [2.24, 2.45) is 0 Å². The van der Waals surface area contributed by atoms with E-state index >= 15 is 0 Å². The minimum atomic E-state index is -0.374. The molecule has 1 aliphatic heterocycles. The number of hydrogen-bond acceptors (Lipinski definition) is 5. The predicted octanol–water partition coefficient (Wildman–Crippen LogP) is 1.52. The molecule has 0 saturated carbocycles. The van der Waals surface area contributed by atoms with Crippen molar-refractivity contribution in [2.75, 3.05) is 36.8 Å². The van der Waals surface area contributed by atoms with E-state index in [1.807, 2.05) is 23.1 Å². The molecule has 24 heavy (non-hydrogen) atoms. The summed E-state index contributed by atoms with van der Waals surface area (Å²) in [6.07, 6.45) is 0. The SMILES string of the molecule is Cc1cc(SCC(=O)N2CCN(c3ccccc3)CC2)nc(=O)[nH]1. The van der Waals surface area contributed by atoms with Gasteiger partial charge in [0.1, 0.15) is 5.03 Å². The second-order valence-corrected chi connectivity index (χ2v) is 6.70. The summed E-state index contributed by atoms with van der Waals surface area (Å²) in [5.41, 5.74) is 1.57. The Morgan fingerprint density at radius 1 is 1.21 bits per heavy atom. The number of anilines is 1. The van der Waals surface area contributed by atoms with Crippen LogP contribution in [0.25, 0.3) is 0 Å². The van der Waals surface area contributed by atoms with E-state index in [-0.39, 0.29) is 11.6 Å². The molecule has 0 unspecified atom stereocenters. The zero-order valence-electron chi connectivity index (χ0n) is 13.6. The molecule has 0 bridgehead atoms. The second-order valence-electron chi connectivity index (χ2n) is 5.70. The molecule has 1 N–H and O–H groups in total. The number of rotatable bonds is 4. The van der Waals surface area contributed by atoms with Crippen LogP contribution in [-0.2, 0) is 4.79 Å². The number of nitrogens with zero attached hydrogens (tertiary/aromatic N) is 3. The summed E-state index contributed by atoms with van der Waals surface area (Å²) >= 11 is 1.31. The number of aryl methyl sites for hydroxylation is 1. The molecule has 0 atom stereocenters. The summed E-state index contributed by atoms with van der Waals surface area (Å²) < 4.78 is 0. The Morgan fingerprint density at radius 2 is 1.92 bits per heavy atom. The lowest BCUT2D eigenvalue weighted by atomic mass is 10.2. The Bertz CT molecular complexity index is 755. The van der Waals surface area contributed by atoms with Gasteiger partial charge >= 0.3 is 5.69 Å². The average molecular weight is 344 g/mol. The van der Waals surface area contributed by atoms with Crippen LogP contribution in [0.4, 0.5) is 5.69 Å². The van der Waals surface area contributed by atoms with Gasteiger partial charge in [-0.3, -0.25) is 4.79 Å². The first-order valence-corrected chi connectivity index (χ1v) is 8.89. The van der Waals surface area contributed by atoms with Gasteiger partial charge in [0, 0.05) is 37.6 Å². The van der Waals surface area contributed by atoms with Crippen molar-refractivity contribution in [1.82, 2.24) is 14.9 Å². The first-order valence-electron chi connectivity index (χ1n) is 7.90. The fraction of sp³-hybridized carbons (Fsp3) is 0.353. The van der Waals surface area contributed by atoms with Gasteiger partial charge in [0.05, 0.1) is 5.75 Å². The van der Waals surface area contributed by atoms with E-state index in [0.717, 1.165) is 31.9 Å². The van der Waals surface area contributed by atoms with E-state index < -0.39 is 0 Å². The van der Waals surface area contributed by atoms with Gasteiger partial charge in [0.2, 0.25) is 5.91 Å². The van der Waals surface area contributed by atoms with Crippen LogP contribution in [0.15, 0.2) is 46.2 Å². The van der Waals surface area contributed by atoms with E-state index in [9.17, 15) is 9.59 Å². The summed E-state index contributed by atoms with van der Waals surface area (Å²) in [6, 6.07) is 12.0. The van der Waals surface area contributed by atoms with Gasteiger partial charge in [-0.25, -0.2) is 4.79 Å². The van der Waals surface area contributed by atoms with Crippen LogP contribution in [0.5, 0.6) is 0 Å². The van der Waals surface area contributed by atoms with Crippen molar-refractivity contribution in [3.63, 3.8) is 0 Å². The van der Waals surface area contributed by atoms with E-state index in [0.29, 0.717) is 10.8 Å². The van der Waals surface area contributed by atoms with Crippen molar-refractivity contribution >= 4 is 23.4 Å². The highest BCUT2D eigenvalue weighted by Gasteiger charge is 2.21. The molecule has 2 aromatic rings. The summed E-state index contributed by atoms with van der Waals surface area (Å²) in [5.74, 6) is 0.397. The molecule has 1 aliphatic rings. The molecule has 3 rings (SSSR count). The maximum absolute atomic E-state index is 12.4. The molecule has 2 heterocycles. The first kappa shape index (κ1) is 16.6. The molecule has 1 aromatic carbocycles. The van der Waals surface area contributed by atoms with Crippen molar-refractivity contribution in [3.05, 3.63) is 52.6 Å². The lowest BCUT2D eigenvalue weighted by Gasteiger charge is -2.36. The fourth-order valence-electron chi connectivity index (χ4n) is 2.70. The van der Waals surface area contributed by atoms with E-state index in [4.69, 9.17) is 0 Å². The third-order valence-electron chi connectivity index (χ3n) is 3.95. The van der Waals surface area contributed by atoms with Crippen LogP contribution in [0, 0.1) is 6.92 Å². The van der Waals surface area contributed by atoms with Gasteiger partial charge in [-0.05, 0) is 25.1 Å². The van der Waals surface area contributed by atoms with Gasteiger partial charge in [0.15, 0.2) is 0 Å². The highest BCUT2D eigenvalue weighted by Crippen LogP contribution is 2.18. The maximum Gasteiger partial charge on any atom is 0.346 e.